The minimum absolute atomic E-state index is 0.0186. The van der Waals surface area contributed by atoms with Crippen molar-refractivity contribution < 1.29 is 14.3 Å². The lowest BCUT2D eigenvalue weighted by molar-refractivity contribution is 0.0172. The predicted octanol–water partition coefficient (Wildman–Crippen LogP) is 16.7. The molecule has 57 heavy (non-hydrogen) atoms. The van der Waals surface area contributed by atoms with Crippen LogP contribution in [-0.2, 0) is 38.2 Å². The van der Waals surface area contributed by atoms with Gasteiger partial charge in [-0.15, -0.1) is 0 Å². The summed E-state index contributed by atoms with van der Waals surface area (Å²) in [6, 6.07) is 10.3. The molecule has 2 N–H and O–H groups in total. The Labute approximate surface area is 355 Å². The first kappa shape index (κ1) is 50.1. The molecule has 326 valence electrons. The Kier molecular flexibility index (Phi) is 19.4. The highest BCUT2D eigenvalue weighted by molar-refractivity contribution is 7.39. The van der Waals surface area contributed by atoms with Crippen molar-refractivity contribution in [2.45, 2.75) is 259 Å². The smallest absolute Gasteiger partial charge is 0.328 e. The van der Waals surface area contributed by atoms with Crippen LogP contribution >= 0.6 is 8.60 Å². The normalized spacial score (nSPS) is 15.2. The lowest BCUT2D eigenvalue weighted by Gasteiger charge is -2.51. The summed E-state index contributed by atoms with van der Waals surface area (Å²) in [6.45, 7) is 33.6. The van der Waals surface area contributed by atoms with E-state index in [0.717, 1.165) is 57.8 Å². The van der Waals surface area contributed by atoms with Crippen molar-refractivity contribution in [2.75, 3.05) is 0 Å². The van der Waals surface area contributed by atoms with Crippen LogP contribution in [0.5, 0.6) is 0 Å². The highest BCUT2D eigenvalue weighted by Crippen LogP contribution is 2.60. The molecule has 0 heterocycles. The van der Waals surface area contributed by atoms with Crippen LogP contribution in [0.25, 0.3) is 0 Å². The summed E-state index contributed by atoms with van der Waals surface area (Å²) in [5.74, 6) is 0.0850. The van der Waals surface area contributed by atoms with E-state index in [-0.39, 0.29) is 27.6 Å². The lowest BCUT2D eigenvalue weighted by atomic mass is 9.58. The zero-order valence-corrected chi connectivity index (χ0v) is 40.9. The van der Waals surface area contributed by atoms with Crippen LogP contribution in [0.4, 0.5) is 0 Å². The molecular formula is C53H91O3P. The van der Waals surface area contributed by atoms with E-state index in [1.54, 1.807) is 0 Å². The molecule has 1 unspecified atom stereocenters. The second-order valence-corrected chi connectivity index (χ2v) is 21.7. The Morgan fingerprint density at radius 2 is 0.877 bits per heavy atom. The van der Waals surface area contributed by atoms with Crippen LogP contribution < -0.4 is 0 Å². The van der Waals surface area contributed by atoms with Gasteiger partial charge in [0.1, 0.15) is 5.60 Å². The molecule has 0 bridgehead atoms. The van der Waals surface area contributed by atoms with Crippen LogP contribution in [0.1, 0.15) is 270 Å². The molecule has 0 spiro atoms. The van der Waals surface area contributed by atoms with E-state index in [1.165, 1.54) is 122 Å². The van der Waals surface area contributed by atoms with Gasteiger partial charge in [-0.1, -0.05) is 211 Å². The summed E-state index contributed by atoms with van der Waals surface area (Å²) < 4.78 is 7.19. The maximum Gasteiger partial charge on any atom is 0.328 e. The highest BCUT2D eigenvalue weighted by atomic mass is 31.2. The SMILES string of the molecule is CCCCCC(C)(C)c1cc2c(c(C(C)(C)CCCCC)c1)C(OP(O)O)(C(CC)CCCC)c1c(cc(C(C)(C)CCCCC)cc1C(C)(C)CCCCC)C2. The average Bonchev–Trinajstić information content (AvgIpc) is 3.14. The topological polar surface area (TPSA) is 49.7 Å². The summed E-state index contributed by atoms with van der Waals surface area (Å²) in [7, 11) is -2.68. The van der Waals surface area contributed by atoms with E-state index in [0.29, 0.717) is 0 Å². The molecule has 3 nitrogen and oxygen atoms in total. The van der Waals surface area contributed by atoms with E-state index in [4.69, 9.17) is 4.52 Å². The maximum absolute atomic E-state index is 11.4. The number of hydrogen-bond acceptors (Lipinski definition) is 3. The molecule has 0 aromatic heterocycles. The molecule has 4 heteroatoms. The van der Waals surface area contributed by atoms with Crippen molar-refractivity contribution in [3.05, 3.63) is 68.8 Å². The quantitative estimate of drug-likeness (QED) is 0.0698. The van der Waals surface area contributed by atoms with Gasteiger partial charge in [0, 0.05) is 0 Å². The molecular weight excluding hydrogens is 716 g/mol. The largest absolute Gasteiger partial charge is 0.328 e. The van der Waals surface area contributed by atoms with Crippen LogP contribution in [0.3, 0.4) is 0 Å². The van der Waals surface area contributed by atoms with Gasteiger partial charge >= 0.3 is 8.60 Å². The molecule has 0 aliphatic heterocycles. The Balaban J connectivity index is 2.68. The van der Waals surface area contributed by atoms with E-state index >= 15 is 0 Å². The van der Waals surface area contributed by atoms with Gasteiger partial charge in [-0.25, -0.2) is 0 Å². The van der Waals surface area contributed by atoms with Gasteiger partial charge in [0.2, 0.25) is 0 Å². The number of rotatable bonds is 27. The molecule has 1 aliphatic rings. The standard InChI is InChI=1S/C53H91O3P/c1-15-21-26-31-49(7,8)43-36-40-35-41-37-44(50(9,10)32-27-22-16-2)39-46(52(13,14)34-29-24-18-4)48(41)53(56-57(54)55,42(20-6)30-25-19-5)47(40)45(38-43)51(11,12)33-28-23-17-3/h36-39,42,54-55H,15-35H2,1-14H3. The zero-order chi connectivity index (χ0) is 42.7. The molecule has 0 saturated heterocycles. The number of fused-ring (bicyclic) bond motifs is 2. The Morgan fingerprint density at radius 3 is 1.19 bits per heavy atom. The van der Waals surface area contributed by atoms with Gasteiger partial charge < -0.3 is 9.79 Å². The maximum atomic E-state index is 11.4. The summed E-state index contributed by atoms with van der Waals surface area (Å²) >= 11 is 0. The third kappa shape index (κ3) is 12.2. The first-order valence-electron chi connectivity index (χ1n) is 24.1. The molecule has 0 radical (unpaired) electrons. The van der Waals surface area contributed by atoms with Crippen LogP contribution in [0.15, 0.2) is 24.3 Å². The molecule has 0 amide bonds. The third-order valence-corrected chi connectivity index (χ3v) is 14.9. The van der Waals surface area contributed by atoms with Gasteiger partial charge in [0.15, 0.2) is 0 Å². The lowest BCUT2D eigenvalue weighted by Crippen LogP contribution is -2.46. The summed E-state index contributed by atoms with van der Waals surface area (Å²) in [6.07, 6.45) is 24.0. The summed E-state index contributed by atoms with van der Waals surface area (Å²) in [5.41, 5.74) is 9.66. The van der Waals surface area contributed by atoms with Crippen molar-refractivity contribution >= 4 is 8.60 Å². The van der Waals surface area contributed by atoms with Crippen molar-refractivity contribution in [3.63, 3.8) is 0 Å². The van der Waals surface area contributed by atoms with Crippen LogP contribution in [-0.4, -0.2) is 9.79 Å². The Hall–Kier alpha value is -1.25. The van der Waals surface area contributed by atoms with Gasteiger partial charge in [0.05, 0.1) is 0 Å². The highest BCUT2D eigenvalue weighted by Gasteiger charge is 2.54. The van der Waals surface area contributed by atoms with Gasteiger partial charge in [-0.2, -0.15) is 0 Å². The minimum Gasteiger partial charge on any atom is -0.328 e. The van der Waals surface area contributed by atoms with Crippen LogP contribution in [0.2, 0.25) is 0 Å². The van der Waals surface area contributed by atoms with Crippen molar-refractivity contribution in [2.24, 2.45) is 5.92 Å². The Bertz CT molecular complexity index is 1420. The van der Waals surface area contributed by atoms with Crippen molar-refractivity contribution in [1.82, 2.24) is 0 Å². The predicted molar refractivity (Wildman–Crippen MR) is 251 cm³/mol. The van der Waals surface area contributed by atoms with Gasteiger partial charge in [-0.05, 0) is 117 Å². The molecule has 2 aromatic rings. The first-order valence-corrected chi connectivity index (χ1v) is 25.2. The third-order valence-electron chi connectivity index (χ3n) is 14.4. The molecule has 2 aromatic carbocycles. The second kappa shape index (κ2) is 22.0. The van der Waals surface area contributed by atoms with E-state index in [9.17, 15) is 9.79 Å². The van der Waals surface area contributed by atoms with Crippen molar-refractivity contribution in [3.8, 4) is 0 Å². The fraction of sp³-hybridized carbons (Fsp3) is 0.774. The van der Waals surface area contributed by atoms with E-state index in [1.807, 2.05) is 0 Å². The fourth-order valence-corrected chi connectivity index (χ4v) is 11.0. The number of hydrogen-bond donors (Lipinski definition) is 2. The summed E-state index contributed by atoms with van der Waals surface area (Å²) in [4.78, 5) is 22.9. The molecule has 1 aliphatic carbocycles. The van der Waals surface area contributed by atoms with E-state index < -0.39 is 14.2 Å². The zero-order valence-electron chi connectivity index (χ0n) is 40.0. The minimum atomic E-state index is -2.68. The first-order chi connectivity index (χ1) is 26.8. The van der Waals surface area contributed by atoms with Gasteiger partial charge in [-0.3, -0.25) is 4.52 Å². The summed E-state index contributed by atoms with van der Waals surface area (Å²) in [5, 5.41) is 0. The van der Waals surface area contributed by atoms with Crippen molar-refractivity contribution in [1.29, 1.82) is 0 Å². The van der Waals surface area contributed by atoms with E-state index in [2.05, 4.69) is 121 Å². The molecule has 3 rings (SSSR count). The Morgan fingerprint density at radius 1 is 0.526 bits per heavy atom. The number of unbranched alkanes of at least 4 members (excludes halogenated alkanes) is 9. The van der Waals surface area contributed by atoms with Gasteiger partial charge in [0.25, 0.3) is 0 Å². The second-order valence-electron chi connectivity index (χ2n) is 21.0. The average molecular weight is 807 g/mol. The fourth-order valence-electron chi connectivity index (χ4n) is 10.4. The molecule has 0 saturated carbocycles. The number of benzene rings is 2. The monoisotopic (exact) mass is 807 g/mol. The molecule has 0 fully saturated rings. The molecule has 1 atom stereocenters. The van der Waals surface area contributed by atoms with Crippen LogP contribution in [0, 0.1) is 5.92 Å².